The van der Waals surface area contributed by atoms with Crippen molar-refractivity contribution in [3.8, 4) is 0 Å². The van der Waals surface area contributed by atoms with Crippen LogP contribution in [-0.2, 0) is 20.8 Å². The first-order valence-corrected chi connectivity index (χ1v) is 9.92. The molecular formula is C22H31N3O3. The van der Waals surface area contributed by atoms with Crippen LogP contribution in [0.1, 0.15) is 51.5 Å². The van der Waals surface area contributed by atoms with Crippen molar-refractivity contribution in [3.63, 3.8) is 0 Å². The molecule has 0 unspecified atom stereocenters. The number of carbonyl (C=O) groups excluding carboxylic acids is 3. The summed E-state index contributed by atoms with van der Waals surface area (Å²) in [6, 6.07) is 7.08. The fourth-order valence-electron chi connectivity index (χ4n) is 3.45. The summed E-state index contributed by atoms with van der Waals surface area (Å²) in [5.41, 5.74) is 0.223. The monoisotopic (exact) mass is 385 g/mol. The van der Waals surface area contributed by atoms with Crippen molar-refractivity contribution in [1.29, 1.82) is 0 Å². The van der Waals surface area contributed by atoms with Crippen LogP contribution >= 0.6 is 0 Å². The zero-order chi connectivity index (χ0) is 20.6. The predicted octanol–water partition coefficient (Wildman–Crippen LogP) is 2.94. The van der Waals surface area contributed by atoms with Crippen LogP contribution in [-0.4, -0.2) is 29.8 Å². The Labute approximate surface area is 167 Å². The van der Waals surface area contributed by atoms with Crippen molar-refractivity contribution in [3.05, 3.63) is 42.5 Å². The second-order valence-corrected chi connectivity index (χ2v) is 7.91. The molecule has 3 N–H and O–H groups in total. The highest BCUT2D eigenvalue weighted by Gasteiger charge is 2.30. The van der Waals surface area contributed by atoms with Crippen LogP contribution < -0.4 is 16.0 Å². The van der Waals surface area contributed by atoms with Crippen molar-refractivity contribution in [2.24, 2.45) is 5.92 Å². The quantitative estimate of drug-likeness (QED) is 0.601. The van der Waals surface area contributed by atoms with Gasteiger partial charge in [0.25, 0.3) is 0 Å². The van der Waals surface area contributed by atoms with Gasteiger partial charge in [0.2, 0.25) is 17.7 Å². The molecule has 2 rings (SSSR count). The third-order valence-electron chi connectivity index (χ3n) is 5.11. The number of anilines is 1. The van der Waals surface area contributed by atoms with Crippen molar-refractivity contribution >= 4 is 23.4 Å². The zero-order valence-corrected chi connectivity index (χ0v) is 16.8. The molecule has 0 bridgehead atoms. The summed E-state index contributed by atoms with van der Waals surface area (Å²) in [5, 5.41) is 8.48. The van der Waals surface area contributed by atoms with Gasteiger partial charge >= 0.3 is 0 Å². The molecule has 0 saturated heterocycles. The molecule has 0 aliphatic heterocycles. The smallest absolute Gasteiger partial charge is 0.247 e. The van der Waals surface area contributed by atoms with Gasteiger partial charge in [-0.15, -0.1) is 0 Å². The minimum atomic E-state index is -1.01. The normalized spacial score (nSPS) is 14.8. The Bertz CT molecular complexity index is 721. The van der Waals surface area contributed by atoms with E-state index in [4.69, 9.17) is 0 Å². The van der Waals surface area contributed by atoms with Crippen molar-refractivity contribution in [2.75, 3.05) is 11.9 Å². The lowest BCUT2D eigenvalue weighted by Crippen LogP contribution is -2.55. The molecule has 0 heterocycles. The maximum absolute atomic E-state index is 12.6. The molecule has 6 nitrogen and oxygen atoms in total. The van der Waals surface area contributed by atoms with E-state index < -0.39 is 5.54 Å². The molecule has 3 amide bonds. The number of hydrogen-bond donors (Lipinski definition) is 3. The Kier molecular flexibility index (Phi) is 7.79. The summed E-state index contributed by atoms with van der Waals surface area (Å²) in [5.74, 6) is -0.266. The van der Waals surface area contributed by atoms with E-state index in [0.717, 1.165) is 12.8 Å². The van der Waals surface area contributed by atoms with Gasteiger partial charge in [0.15, 0.2) is 0 Å². The number of hydrogen-bond acceptors (Lipinski definition) is 3. The highest BCUT2D eigenvalue weighted by Crippen LogP contribution is 2.23. The lowest BCUT2D eigenvalue weighted by Gasteiger charge is -2.28. The van der Waals surface area contributed by atoms with Crippen LogP contribution in [0.25, 0.3) is 0 Å². The fraction of sp³-hybridized carbons (Fsp3) is 0.500. The van der Waals surface area contributed by atoms with Crippen LogP contribution in [0.4, 0.5) is 5.69 Å². The van der Waals surface area contributed by atoms with Gasteiger partial charge in [-0.05, 0) is 50.3 Å². The van der Waals surface area contributed by atoms with Gasteiger partial charge < -0.3 is 16.0 Å². The molecule has 1 aliphatic carbocycles. The summed E-state index contributed by atoms with van der Waals surface area (Å²) in [6.07, 6.45) is 7.27. The largest absolute Gasteiger partial charge is 0.354 e. The number of rotatable bonds is 8. The second-order valence-electron chi connectivity index (χ2n) is 7.91. The molecular weight excluding hydrogens is 354 g/mol. The summed E-state index contributed by atoms with van der Waals surface area (Å²) in [4.78, 5) is 36.6. The fourth-order valence-corrected chi connectivity index (χ4v) is 3.45. The van der Waals surface area contributed by atoms with Crippen LogP contribution in [0.15, 0.2) is 36.9 Å². The average Bonchev–Trinajstić information content (AvgIpc) is 2.67. The van der Waals surface area contributed by atoms with Crippen molar-refractivity contribution in [2.45, 2.75) is 57.9 Å². The SMILES string of the molecule is C=CC(=O)Nc1ccccc1CC(=O)NC(C)(C)C(=O)NCC1CCCCC1. The maximum Gasteiger partial charge on any atom is 0.247 e. The van der Waals surface area contributed by atoms with Gasteiger partial charge in [0.05, 0.1) is 6.42 Å². The van der Waals surface area contributed by atoms with Crippen LogP contribution in [0.2, 0.25) is 0 Å². The molecule has 0 atom stereocenters. The number of carbonyl (C=O) groups is 3. The topological polar surface area (TPSA) is 87.3 Å². The number of para-hydroxylation sites is 1. The highest BCUT2D eigenvalue weighted by molar-refractivity contribution is 6.00. The maximum atomic E-state index is 12.6. The molecule has 0 spiro atoms. The standard InChI is InChI=1S/C22H31N3O3/c1-4-19(26)24-18-13-9-8-12-17(18)14-20(27)25-22(2,3)21(28)23-15-16-10-6-5-7-11-16/h4,8-9,12-13,16H,1,5-7,10-11,14-15H2,2-3H3,(H,23,28)(H,24,26)(H,25,27). The molecule has 6 heteroatoms. The first kappa shape index (κ1) is 21.7. The summed E-state index contributed by atoms with van der Waals surface area (Å²) in [7, 11) is 0. The third-order valence-corrected chi connectivity index (χ3v) is 5.11. The van der Waals surface area contributed by atoms with Gasteiger partial charge in [0.1, 0.15) is 5.54 Å². The number of benzene rings is 1. The van der Waals surface area contributed by atoms with E-state index in [0.29, 0.717) is 23.7 Å². The molecule has 0 aromatic heterocycles. The third kappa shape index (κ3) is 6.51. The van der Waals surface area contributed by atoms with Crippen LogP contribution in [0.3, 0.4) is 0 Å². The van der Waals surface area contributed by atoms with E-state index in [9.17, 15) is 14.4 Å². The molecule has 1 aromatic rings. The van der Waals surface area contributed by atoms with Crippen molar-refractivity contribution < 1.29 is 14.4 Å². The lowest BCUT2D eigenvalue weighted by atomic mass is 9.89. The zero-order valence-electron chi connectivity index (χ0n) is 16.8. The van der Waals surface area contributed by atoms with Crippen molar-refractivity contribution in [1.82, 2.24) is 10.6 Å². The molecule has 0 radical (unpaired) electrons. The van der Waals surface area contributed by atoms with Gasteiger partial charge in [-0.2, -0.15) is 0 Å². The average molecular weight is 386 g/mol. The van der Waals surface area contributed by atoms with Gasteiger partial charge in [0, 0.05) is 12.2 Å². The van der Waals surface area contributed by atoms with E-state index in [1.165, 1.54) is 25.3 Å². The van der Waals surface area contributed by atoms with Gasteiger partial charge in [-0.25, -0.2) is 0 Å². The lowest BCUT2D eigenvalue weighted by molar-refractivity contribution is -0.132. The number of amides is 3. The summed E-state index contributed by atoms with van der Waals surface area (Å²) < 4.78 is 0. The first-order valence-electron chi connectivity index (χ1n) is 9.92. The summed E-state index contributed by atoms with van der Waals surface area (Å²) >= 11 is 0. The molecule has 152 valence electrons. The number of nitrogens with one attached hydrogen (secondary N) is 3. The van der Waals surface area contributed by atoms with Gasteiger partial charge in [-0.3, -0.25) is 14.4 Å². The van der Waals surface area contributed by atoms with E-state index in [2.05, 4.69) is 22.5 Å². The molecule has 1 aliphatic rings. The molecule has 1 saturated carbocycles. The Morgan fingerprint density at radius 2 is 1.82 bits per heavy atom. The highest BCUT2D eigenvalue weighted by atomic mass is 16.2. The molecule has 1 fully saturated rings. The van der Waals surface area contributed by atoms with E-state index >= 15 is 0 Å². The van der Waals surface area contributed by atoms with E-state index in [-0.39, 0.29) is 24.1 Å². The van der Waals surface area contributed by atoms with Crippen LogP contribution in [0.5, 0.6) is 0 Å². The Morgan fingerprint density at radius 3 is 2.50 bits per heavy atom. The summed E-state index contributed by atoms with van der Waals surface area (Å²) in [6.45, 7) is 7.49. The Balaban J connectivity index is 1.91. The van der Waals surface area contributed by atoms with Crippen LogP contribution in [0, 0.1) is 5.92 Å². The Hall–Kier alpha value is -2.63. The van der Waals surface area contributed by atoms with E-state index in [1.807, 2.05) is 0 Å². The molecule has 1 aromatic carbocycles. The minimum absolute atomic E-state index is 0.0624. The molecule has 28 heavy (non-hydrogen) atoms. The van der Waals surface area contributed by atoms with Gasteiger partial charge in [-0.1, -0.05) is 44.0 Å². The first-order chi connectivity index (χ1) is 13.3. The predicted molar refractivity (Wildman–Crippen MR) is 111 cm³/mol. The Morgan fingerprint density at radius 1 is 1.14 bits per heavy atom. The van der Waals surface area contributed by atoms with E-state index in [1.54, 1.807) is 38.1 Å². The minimum Gasteiger partial charge on any atom is -0.354 e. The second kappa shape index (κ2) is 10.1.